The van der Waals surface area contributed by atoms with Crippen LogP contribution in [0.2, 0.25) is 0 Å². The Balaban J connectivity index is 3.35. The van der Waals surface area contributed by atoms with Crippen molar-refractivity contribution in [3.63, 3.8) is 0 Å². The van der Waals surface area contributed by atoms with Crippen LogP contribution in [0, 0.1) is 6.92 Å². The summed E-state index contributed by atoms with van der Waals surface area (Å²) >= 11 is 0. The van der Waals surface area contributed by atoms with Crippen molar-refractivity contribution < 1.29 is 26.7 Å². The molecule has 120 valence electrons. The minimum atomic E-state index is -4.63. The summed E-state index contributed by atoms with van der Waals surface area (Å²) in [5.74, 6) is 0. The van der Waals surface area contributed by atoms with E-state index in [1.165, 1.54) is 20.8 Å². The van der Waals surface area contributed by atoms with Gasteiger partial charge in [-0.15, -0.1) is 0 Å². The van der Waals surface area contributed by atoms with Crippen LogP contribution in [0.25, 0.3) is 0 Å². The molecule has 0 aliphatic heterocycles. The molecule has 2 N–H and O–H groups in total. The minimum Gasteiger partial charge on any atom is -0.391 e. The number of aliphatic hydroxyl groups is 1. The van der Waals surface area contributed by atoms with Crippen molar-refractivity contribution >= 4 is 10.0 Å². The summed E-state index contributed by atoms with van der Waals surface area (Å²) < 4.78 is 65.2. The fraction of sp³-hybridized carbons (Fsp3) is 0.538. The summed E-state index contributed by atoms with van der Waals surface area (Å²) in [5.41, 5.74) is -2.58. The molecule has 1 rings (SSSR count). The Bertz CT molecular complexity index is 622. The molecule has 0 fully saturated rings. The molecule has 4 nitrogen and oxygen atoms in total. The molecule has 1 aromatic rings. The maximum absolute atomic E-state index is 12.8. The standard InChI is InChI=1S/C13H18F3NO3S/c1-8-10(13(14,15)16)6-5-7-11(8)21(19,20)17-12(3,4)9(2)18/h5-7,9,17-18H,1-4H3. The van der Waals surface area contributed by atoms with Crippen LogP contribution in [0.15, 0.2) is 23.1 Å². The molecule has 1 aromatic carbocycles. The van der Waals surface area contributed by atoms with Gasteiger partial charge in [-0.25, -0.2) is 13.1 Å². The summed E-state index contributed by atoms with van der Waals surface area (Å²) in [4.78, 5) is -0.453. The second-order valence-electron chi connectivity index (χ2n) is 5.43. The van der Waals surface area contributed by atoms with Crippen LogP contribution in [-0.4, -0.2) is 25.2 Å². The molecule has 0 saturated carbocycles. The van der Waals surface area contributed by atoms with Gasteiger partial charge in [0.25, 0.3) is 0 Å². The Kier molecular flexibility index (Phi) is 4.77. The fourth-order valence-electron chi connectivity index (χ4n) is 1.70. The van der Waals surface area contributed by atoms with Gasteiger partial charge in [0.2, 0.25) is 10.0 Å². The first kappa shape index (κ1) is 17.9. The van der Waals surface area contributed by atoms with Gasteiger partial charge < -0.3 is 5.11 Å². The van der Waals surface area contributed by atoms with Gasteiger partial charge in [0.05, 0.1) is 22.1 Å². The fourth-order valence-corrected chi connectivity index (χ4v) is 3.44. The van der Waals surface area contributed by atoms with Crippen molar-refractivity contribution in [2.75, 3.05) is 0 Å². The van der Waals surface area contributed by atoms with E-state index in [0.717, 1.165) is 25.1 Å². The average Bonchev–Trinajstić information content (AvgIpc) is 2.25. The average molecular weight is 325 g/mol. The van der Waals surface area contributed by atoms with Crippen molar-refractivity contribution in [3.8, 4) is 0 Å². The monoisotopic (exact) mass is 325 g/mol. The van der Waals surface area contributed by atoms with Crippen LogP contribution in [0.4, 0.5) is 13.2 Å². The van der Waals surface area contributed by atoms with Crippen molar-refractivity contribution in [1.29, 1.82) is 0 Å². The molecule has 1 atom stereocenters. The third kappa shape index (κ3) is 3.96. The predicted molar refractivity (Wildman–Crippen MR) is 72.3 cm³/mol. The van der Waals surface area contributed by atoms with E-state index in [-0.39, 0.29) is 5.56 Å². The largest absolute Gasteiger partial charge is 0.416 e. The van der Waals surface area contributed by atoms with E-state index >= 15 is 0 Å². The number of hydrogen-bond donors (Lipinski definition) is 2. The molecule has 0 aliphatic rings. The summed E-state index contributed by atoms with van der Waals surface area (Å²) in [6, 6.07) is 2.97. The van der Waals surface area contributed by atoms with Crippen molar-refractivity contribution in [2.24, 2.45) is 0 Å². The number of nitrogens with one attached hydrogen (secondary N) is 1. The molecular formula is C13H18F3NO3S. The molecule has 0 heterocycles. The topological polar surface area (TPSA) is 66.4 Å². The number of benzene rings is 1. The van der Waals surface area contributed by atoms with Gasteiger partial charge in [-0.3, -0.25) is 0 Å². The molecule has 1 unspecified atom stereocenters. The first-order valence-corrected chi connectivity index (χ1v) is 7.66. The van der Waals surface area contributed by atoms with Crippen molar-refractivity contribution in [3.05, 3.63) is 29.3 Å². The molecule has 0 aromatic heterocycles. The zero-order chi connectivity index (χ0) is 16.6. The summed E-state index contributed by atoms with van der Waals surface area (Å²) in [6.45, 7) is 5.38. The highest BCUT2D eigenvalue weighted by molar-refractivity contribution is 7.89. The quantitative estimate of drug-likeness (QED) is 0.893. The highest BCUT2D eigenvalue weighted by atomic mass is 32.2. The van der Waals surface area contributed by atoms with Gasteiger partial charge in [0.1, 0.15) is 0 Å². The maximum atomic E-state index is 12.8. The first-order valence-electron chi connectivity index (χ1n) is 6.18. The Labute approximate surface area is 122 Å². The number of sulfonamides is 1. The number of rotatable bonds is 4. The molecule has 0 aliphatic carbocycles. The second-order valence-corrected chi connectivity index (χ2v) is 7.08. The van der Waals surface area contributed by atoms with Crippen LogP contribution in [0.1, 0.15) is 31.9 Å². The lowest BCUT2D eigenvalue weighted by Crippen LogP contribution is -2.50. The second kappa shape index (κ2) is 5.58. The van der Waals surface area contributed by atoms with E-state index in [4.69, 9.17) is 0 Å². The number of halogens is 3. The molecule has 0 spiro atoms. The molecule has 0 radical (unpaired) electrons. The van der Waals surface area contributed by atoms with Gasteiger partial charge >= 0.3 is 6.18 Å². The van der Waals surface area contributed by atoms with Gasteiger partial charge in [0, 0.05) is 0 Å². The third-order valence-corrected chi connectivity index (χ3v) is 5.14. The number of hydrogen-bond acceptors (Lipinski definition) is 3. The van der Waals surface area contributed by atoms with E-state index in [2.05, 4.69) is 4.72 Å². The highest BCUT2D eigenvalue weighted by Crippen LogP contribution is 2.34. The zero-order valence-electron chi connectivity index (χ0n) is 12.1. The van der Waals surface area contributed by atoms with Gasteiger partial charge in [-0.1, -0.05) is 6.07 Å². The third-order valence-electron chi connectivity index (χ3n) is 3.32. The van der Waals surface area contributed by atoms with Crippen LogP contribution < -0.4 is 4.72 Å². The van der Waals surface area contributed by atoms with E-state index < -0.39 is 38.3 Å². The predicted octanol–water partition coefficient (Wildman–Crippen LogP) is 2.45. The Hall–Kier alpha value is -1.12. The molecular weight excluding hydrogens is 307 g/mol. The number of alkyl halides is 3. The smallest absolute Gasteiger partial charge is 0.391 e. The number of aliphatic hydroxyl groups excluding tert-OH is 1. The Morgan fingerprint density at radius 2 is 1.76 bits per heavy atom. The molecule has 8 heteroatoms. The zero-order valence-corrected chi connectivity index (χ0v) is 12.9. The molecule has 0 bridgehead atoms. The van der Waals surface area contributed by atoms with Crippen LogP contribution in [0.3, 0.4) is 0 Å². The summed E-state index contributed by atoms with van der Waals surface area (Å²) in [7, 11) is -4.19. The molecule has 0 saturated heterocycles. The van der Waals surface area contributed by atoms with E-state index in [1.54, 1.807) is 0 Å². The van der Waals surface area contributed by atoms with Crippen molar-refractivity contribution in [1.82, 2.24) is 4.72 Å². The van der Waals surface area contributed by atoms with E-state index in [9.17, 15) is 26.7 Å². The lowest BCUT2D eigenvalue weighted by Gasteiger charge is -2.29. The summed E-state index contributed by atoms with van der Waals surface area (Å²) in [5, 5.41) is 9.54. The highest BCUT2D eigenvalue weighted by Gasteiger charge is 2.36. The molecule has 0 amide bonds. The van der Waals surface area contributed by atoms with Crippen LogP contribution in [0.5, 0.6) is 0 Å². The lowest BCUT2D eigenvalue weighted by molar-refractivity contribution is -0.138. The lowest BCUT2D eigenvalue weighted by atomic mass is 10.0. The Morgan fingerprint density at radius 1 is 1.24 bits per heavy atom. The van der Waals surface area contributed by atoms with Crippen LogP contribution >= 0.6 is 0 Å². The van der Waals surface area contributed by atoms with E-state index in [0.29, 0.717) is 0 Å². The van der Waals surface area contributed by atoms with Crippen LogP contribution in [-0.2, 0) is 16.2 Å². The Morgan fingerprint density at radius 3 is 2.19 bits per heavy atom. The van der Waals surface area contributed by atoms with Gasteiger partial charge in [-0.05, 0) is 45.4 Å². The van der Waals surface area contributed by atoms with Gasteiger partial charge in [-0.2, -0.15) is 13.2 Å². The first-order chi connectivity index (χ1) is 9.29. The van der Waals surface area contributed by atoms with Gasteiger partial charge in [0.15, 0.2) is 0 Å². The SMILES string of the molecule is Cc1c(C(F)(F)F)cccc1S(=O)(=O)NC(C)(C)C(C)O. The van der Waals surface area contributed by atoms with E-state index in [1.807, 2.05) is 0 Å². The summed E-state index contributed by atoms with van der Waals surface area (Å²) in [6.07, 6.45) is -5.64. The van der Waals surface area contributed by atoms with Crippen molar-refractivity contribution in [2.45, 2.75) is 50.4 Å². The maximum Gasteiger partial charge on any atom is 0.416 e. The minimum absolute atomic E-state index is 0.376. The normalized spacial score (nSPS) is 15.0. The molecule has 21 heavy (non-hydrogen) atoms.